The van der Waals surface area contributed by atoms with Gasteiger partial charge in [-0.3, -0.25) is 9.38 Å². The smallest absolute Gasteiger partial charge is 0.410 e. The molecule has 1 aliphatic heterocycles. The number of nitrogens with zero attached hydrogens (tertiary/aromatic N) is 4. The molecule has 6 nitrogen and oxygen atoms in total. The Hall–Kier alpha value is -2.41. The van der Waals surface area contributed by atoms with E-state index in [1.54, 1.807) is 11.1 Å². The fraction of sp³-hybridized carbons (Fsp3) is 0.278. The van der Waals surface area contributed by atoms with Crippen LogP contribution >= 0.6 is 15.9 Å². The zero-order chi connectivity index (χ0) is 17.4. The van der Waals surface area contributed by atoms with Gasteiger partial charge in [-0.05, 0) is 28.4 Å². The van der Waals surface area contributed by atoms with Crippen molar-refractivity contribution in [1.29, 1.82) is 0 Å². The average molecular weight is 401 g/mol. The summed E-state index contributed by atoms with van der Waals surface area (Å²) in [5, 5.41) is 0. The van der Waals surface area contributed by atoms with Crippen molar-refractivity contribution in [2.45, 2.75) is 19.4 Å². The van der Waals surface area contributed by atoms with Crippen molar-refractivity contribution in [3.8, 4) is 0 Å². The first-order chi connectivity index (χ1) is 12.1. The molecule has 3 aromatic rings. The highest BCUT2D eigenvalue weighted by molar-refractivity contribution is 9.10. The van der Waals surface area contributed by atoms with Crippen LogP contribution in [-0.4, -0.2) is 38.5 Å². The lowest BCUT2D eigenvalue weighted by molar-refractivity contribution is 0.0649. The third-order valence-corrected chi connectivity index (χ3v) is 4.99. The van der Waals surface area contributed by atoms with Crippen LogP contribution in [0.5, 0.6) is 0 Å². The summed E-state index contributed by atoms with van der Waals surface area (Å²) in [4.78, 5) is 22.8. The van der Waals surface area contributed by atoms with Crippen molar-refractivity contribution in [2.75, 3.05) is 13.1 Å². The Kier molecular flexibility index (Phi) is 4.17. The number of carbonyl (C=O) groups is 1. The van der Waals surface area contributed by atoms with Gasteiger partial charge in [0.2, 0.25) is 0 Å². The van der Waals surface area contributed by atoms with Crippen LogP contribution in [0.4, 0.5) is 4.79 Å². The van der Waals surface area contributed by atoms with E-state index in [9.17, 15) is 4.79 Å². The molecule has 0 atom stereocenters. The van der Waals surface area contributed by atoms with E-state index in [0.29, 0.717) is 19.7 Å². The maximum atomic E-state index is 12.2. The highest BCUT2D eigenvalue weighted by Gasteiger charge is 2.36. The number of amides is 1. The number of hydrogen-bond donors (Lipinski definition) is 0. The molecular weight excluding hydrogens is 384 g/mol. The number of aromatic nitrogens is 3. The van der Waals surface area contributed by atoms with Crippen LogP contribution in [0, 0.1) is 6.92 Å². The molecule has 128 valence electrons. The number of rotatable bonds is 3. The van der Waals surface area contributed by atoms with Crippen molar-refractivity contribution >= 4 is 27.5 Å². The summed E-state index contributed by atoms with van der Waals surface area (Å²) in [6.07, 6.45) is 3.40. The van der Waals surface area contributed by atoms with Crippen LogP contribution < -0.4 is 0 Å². The minimum atomic E-state index is -0.280. The van der Waals surface area contributed by atoms with Gasteiger partial charge in [-0.15, -0.1) is 0 Å². The molecule has 1 saturated heterocycles. The normalized spacial score (nSPS) is 14.6. The zero-order valence-electron chi connectivity index (χ0n) is 13.7. The largest absolute Gasteiger partial charge is 0.445 e. The van der Waals surface area contributed by atoms with Crippen molar-refractivity contribution in [2.24, 2.45) is 0 Å². The van der Waals surface area contributed by atoms with Gasteiger partial charge >= 0.3 is 6.09 Å². The molecular formula is C18H17BrN4O2. The highest BCUT2D eigenvalue weighted by Crippen LogP contribution is 2.31. The number of aryl methyl sites for hydroxylation is 1. The van der Waals surface area contributed by atoms with Crippen molar-refractivity contribution in [1.82, 2.24) is 19.3 Å². The summed E-state index contributed by atoms with van der Waals surface area (Å²) in [5.74, 6) is 1.14. The second kappa shape index (κ2) is 6.48. The minimum absolute atomic E-state index is 0.199. The molecule has 3 heterocycles. The topological polar surface area (TPSA) is 59.7 Å². The van der Waals surface area contributed by atoms with Gasteiger partial charge in [0.05, 0.1) is 11.6 Å². The van der Waals surface area contributed by atoms with Crippen molar-refractivity contribution < 1.29 is 9.53 Å². The first-order valence-corrected chi connectivity index (χ1v) is 8.87. The molecule has 7 heteroatoms. The molecule has 0 bridgehead atoms. The molecule has 25 heavy (non-hydrogen) atoms. The molecule has 0 spiro atoms. The van der Waals surface area contributed by atoms with Crippen molar-refractivity contribution in [3.05, 3.63) is 64.4 Å². The quantitative estimate of drug-likeness (QED) is 0.674. The van der Waals surface area contributed by atoms with Gasteiger partial charge in [-0.2, -0.15) is 0 Å². The highest BCUT2D eigenvalue weighted by atomic mass is 79.9. The Morgan fingerprint density at radius 2 is 2.08 bits per heavy atom. The fourth-order valence-electron chi connectivity index (χ4n) is 3.06. The fourth-order valence-corrected chi connectivity index (χ4v) is 3.72. The van der Waals surface area contributed by atoms with E-state index in [-0.39, 0.29) is 12.0 Å². The Balaban J connectivity index is 1.41. The number of imidazole rings is 1. The van der Waals surface area contributed by atoms with Gasteiger partial charge in [-0.25, -0.2) is 9.78 Å². The van der Waals surface area contributed by atoms with Crippen LogP contribution in [0.2, 0.25) is 0 Å². The number of hydrogen-bond acceptors (Lipinski definition) is 4. The van der Waals surface area contributed by atoms with Gasteiger partial charge in [-0.1, -0.05) is 30.3 Å². The second-order valence-corrected chi connectivity index (χ2v) is 6.89. The summed E-state index contributed by atoms with van der Waals surface area (Å²) in [6, 6.07) is 9.69. The number of carbonyl (C=O) groups excluding carboxylic acids is 1. The van der Waals surface area contributed by atoms with E-state index in [1.807, 2.05) is 47.9 Å². The lowest BCUT2D eigenvalue weighted by Crippen LogP contribution is -2.49. The Morgan fingerprint density at radius 1 is 1.32 bits per heavy atom. The number of likely N-dealkylation sites (tertiary alicyclic amines) is 1. The van der Waals surface area contributed by atoms with Crippen LogP contribution in [0.15, 0.2) is 47.3 Å². The standard InChI is InChI=1S/C18H17BrN4O2/c1-12-15-16(19)21-17(23(15)8-7-20-12)14-9-22(10-14)18(24)25-11-13-5-3-2-4-6-13/h2-8,14H,9-11H2,1H3. The molecule has 4 rings (SSSR count). The van der Waals surface area contributed by atoms with Gasteiger partial charge in [0.25, 0.3) is 0 Å². The second-order valence-electron chi connectivity index (χ2n) is 6.13. The lowest BCUT2D eigenvalue weighted by Gasteiger charge is -2.37. The molecule has 1 amide bonds. The predicted octanol–water partition coefficient (Wildman–Crippen LogP) is 3.54. The maximum Gasteiger partial charge on any atom is 0.410 e. The third-order valence-electron chi connectivity index (χ3n) is 4.43. The van der Waals surface area contributed by atoms with Gasteiger partial charge in [0, 0.05) is 25.5 Å². The number of ether oxygens (including phenoxy) is 1. The molecule has 0 unspecified atom stereocenters. The Bertz CT molecular complexity index is 919. The predicted molar refractivity (Wildman–Crippen MR) is 96.4 cm³/mol. The lowest BCUT2D eigenvalue weighted by atomic mass is 10.0. The molecule has 0 N–H and O–H groups in total. The van der Waals surface area contributed by atoms with E-state index in [2.05, 4.69) is 25.9 Å². The van der Waals surface area contributed by atoms with Crippen LogP contribution in [-0.2, 0) is 11.3 Å². The molecule has 2 aromatic heterocycles. The van der Waals surface area contributed by atoms with Gasteiger partial charge in [0.15, 0.2) is 0 Å². The molecule has 1 aliphatic rings. The number of halogens is 1. The molecule has 1 aromatic carbocycles. The first kappa shape index (κ1) is 16.1. The number of fused-ring (bicyclic) bond motifs is 1. The van der Waals surface area contributed by atoms with Crippen molar-refractivity contribution in [3.63, 3.8) is 0 Å². The summed E-state index contributed by atoms with van der Waals surface area (Å²) < 4.78 is 8.20. The Morgan fingerprint density at radius 3 is 2.84 bits per heavy atom. The summed E-state index contributed by atoms with van der Waals surface area (Å²) in [5.41, 5.74) is 2.88. The molecule has 0 radical (unpaired) electrons. The zero-order valence-corrected chi connectivity index (χ0v) is 15.3. The molecule has 1 fully saturated rings. The van der Waals surface area contributed by atoms with E-state index < -0.39 is 0 Å². The molecule has 0 saturated carbocycles. The Labute approximate surface area is 153 Å². The number of benzene rings is 1. The first-order valence-electron chi connectivity index (χ1n) is 8.08. The van der Waals surface area contributed by atoms with Crippen LogP contribution in [0.1, 0.15) is 23.0 Å². The van der Waals surface area contributed by atoms with Crippen LogP contribution in [0.3, 0.4) is 0 Å². The monoisotopic (exact) mass is 400 g/mol. The van der Waals surface area contributed by atoms with Gasteiger partial charge in [0.1, 0.15) is 22.6 Å². The SMILES string of the molecule is Cc1nccn2c(C3CN(C(=O)OCc4ccccc4)C3)nc(Br)c12. The van der Waals surface area contributed by atoms with E-state index in [4.69, 9.17) is 4.74 Å². The van der Waals surface area contributed by atoms with E-state index in [1.165, 1.54) is 0 Å². The summed E-state index contributed by atoms with van der Waals surface area (Å²) in [6.45, 7) is 3.48. The van der Waals surface area contributed by atoms with Gasteiger partial charge < -0.3 is 9.64 Å². The van der Waals surface area contributed by atoms with E-state index in [0.717, 1.165) is 27.2 Å². The minimum Gasteiger partial charge on any atom is -0.445 e. The third kappa shape index (κ3) is 3.00. The molecule has 0 aliphatic carbocycles. The van der Waals surface area contributed by atoms with Crippen LogP contribution in [0.25, 0.3) is 5.52 Å². The maximum absolute atomic E-state index is 12.2. The summed E-state index contributed by atoms with van der Waals surface area (Å²) in [7, 11) is 0. The summed E-state index contributed by atoms with van der Waals surface area (Å²) >= 11 is 3.51. The van der Waals surface area contributed by atoms with E-state index >= 15 is 0 Å². The average Bonchev–Trinajstić information content (AvgIpc) is 2.91.